The molecule has 2 heterocycles. The Labute approximate surface area is 177 Å². The Morgan fingerprint density at radius 2 is 1.70 bits per heavy atom. The van der Waals surface area contributed by atoms with Crippen LogP contribution < -0.4 is 0 Å². The molecule has 0 aliphatic heterocycles. The second-order valence-corrected chi connectivity index (χ2v) is 8.45. The van der Waals surface area contributed by atoms with Gasteiger partial charge >= 0.3 is 0 Å². The molecule has 2 aromatic heterocycles. The van der Waals surface area contributed by atoms with E-state index in [1.54, 1.807) is 6.20 Å². The maximum absolute atomic E-state index is 12.0. The van der Waals surface area contributed by atoms with Crippen molar-refractivity contribution in [3.05, 3.63) is 90.3 Å². The van der Waals surface area contributed by atoms with Gasteiger partial charge in [0.15, 0.2) is 5.82 Å². The van der Waals surface area contributed by atoms with E-state index in [0.717, 1.165) is 34.3 Å². The van der Waals surface area contributed by atoms with Gasteiger partial charge in [0.05, 0.1) is 11.7 Å². The molecule has 1 unspecified atom stereocenters. The van der Waals surface area contributed by atoms with E-state index >= 15 is 0 Å². The molecular weight excluding hydrogens is 370 g/mol. The monoisotopic (exact) mass is 397 g/mol. The predicted octanol–water partition coefficient (Wildman–Crippen LogP) is 5.63. The van der Waals surface area contributed by atoms with E-state index in [4.69, 9.17) is 0 Å². The van der Waals surface area contributed by atoms with E-state index < -0.39 is 5.60 Å². The van der Waals surface area contributed by atoms with Gasteiger partial charge in [0, 0.05) is 11.6 Å². The Balaban J connectivity index is 1.57. The molecule has 1 fully saturated rings. The van der Waals surface area contributed by atoms with E-state index in [9.17, 15) is 5.11 Å². The quantitative estimate of drug-likeness (QED) is 0.475. The van der Waals surface area contributed by atoms with Crippen molar-refractivity contribution in [2.45, 2.75) is 44.1 Å². The molecule has 152 valence electrons. The molecule has 1 aliphatic carbocycles. The van der Waals surface area contributed by atoms with Crippen molar-refractivity contribution in [2.24, 2.45) is 5.92 Å². The molecule has 0 radical (unpaired) electrons. The lowest BCUT2D eigenvalue weighted by Gasteiger charge is -2.35. The van der Waals surface area contributed by atoms with Crippen LogP contribution in [0.5, 0.6) is 0 Å². The molecule has 1 atom stereocenters. The summed E-state index contributed by atoms with van der Waals surface area (Å²) >= 11 is 0. The van der Waals surface area contributed by atoms with Crippen molar-refractivity contribution in [3.8, 4) is 5.82 Å². The third-order valence-electron chi connectivity index (χ3n) is 6.47. The zero-order valence-corrected chi connectivity index (χ0v) is 17.1. The molecule has 0 bridgehead atoms. The van der Waals surface area contributed by atoms with Crippen molar-refractivity contribution < 1.29 is 5.11 Å². The number of pyridine rings is 1. The Morgan fingerprint density at radius 3 is 2.47 bits per heavy atom. The Bertz CT molecular complexity index is 1120. The van der Waals surface area contributed by atoms with E-state index in [-0.39, 0.29) is 0 Å². The smallest absolute Gasteiger partial charge is 0.153 e. The Hall–Kier alpha value is -2.98. The molecule has 4 nitrogen and oxygen atoms in total. The summed E-state index contributed by atoms with van der Waals surface area (Å²) in [6.45, 7) is 0. The summed E-state index contributed by atoms with van der Waals surface area (Å²) in [7, 11) is 0. The van der Waals surface area contributed by atoms with Crippen LogP contribution in [0.15, 0.2) is 79.1 Å². The summed E-state index contributed by atoms with van der Waals surface area (Å²) in [5, 5.41) is 17.6. The van der Waals surface area contributed by atoms with Crippen LogP contribution in [-0.4, -0.2) is 19.9 Å². The van der Waals surface area contributed by atoms with Crippen molar-refractivity contribution >= 4 is 10.9 Å². The van der Waals surface area contributed by atoms with Crippen molar-refractivity contribution in [2.75, 3.05) is 0 Å². The summed E-state index contributed by atoms with van der Waals surface area (Å²) in [5.41, 5.74) is 1.90. The van der Waals surface area contributed by atoms with Gasteiger partial charge in [-0.2, -0.15) is 5.10 Å². The van der Waals surface area contributed by atoms with E-state index in [2.05, 4.69) is 28.3 Å². The number of nitrogens with zero attached hydrogens (tertiary/aromatic N) is 3. The first-order valence-corrected chi connectivity index (χ1v) is 10.9. The number of hydrogen-bond acceptors (Lipinski definition) is 3. The number of fused-ring (bicyclic) bond motifs is 1. The highest BCUT2D eigenvalue weighted by Crippen LogP contribution is 2.41. The lowest BCUT2D eigenvalue weighted by Crippen LogP contribution is -2.31. The molecule has 1 N–H and O–H groups in total. The molecule has 0 saturated heterocycles. The first-order chi connectivity index (χ1) is 14.7. The summed E-state index contributed by atoms with van der Waals surface area (Å²) in [6, 6.07) is 22.1. The molecule has 30 heavy (non-hydrogen) atoms. The van der Waals surface area contributed by atoms with Gasteiger partial charge < -0.3 is 5.11 Å². The van der Waals surface area contributed by atoms with E-state index in [1.165, 1.54) is 32.1 Å². The average molecular weight is 398 g/mol. The number of hydrogen-bond donors (Lipinski definition) is 1. The molecule has 1 aliphatic rings. The SMILES string of the molecule is OC(CC1CCCCC1)(c1ccccc1)c1ccc2c(cnn2-c2ccccn2)c1. The number of aromatic nitrogens is 3. The zero-order chi connectivity index (χ0) is 20.4. The van der Waals surface area contributed by atoms with Crippen molar-refractivity contribution in [1.29, 1.82) is 0 Å². The van der Waals surface area contributed by atoms with Crippen LogP contribution >= 0.6 is 0 Å². The minimum absolute atomic E-state index is 0.552. The highest BCUT2D eigenvalue weighted by molar-refractivity contribution is 5.81. The highest BCUT2D eigenvalue weighted by Gasteiger charge is 2.35. The summed E-state index contributed by atoms with van der Waals surface area (Å²) in [4.78, 5) is 4.42. The Morgan fingerprint density at radius 1 is 0.900 bits per heavy atom. The van der Waals surface area contributed by atoms with Gasteiger partial charge in [0.25, 0.3) is 0 Å². The van der Waals surface area contributed by atoms with Crippen LogP contribution in [0.2, 0.25) is 0 Å². The third kappa shape index (κ3) is 3.52. The van der Waals surface area contributed by atoms with E-state index in [0.29, 0.717) is 5.92 Å². The first-order valence-electron chi connectivity index (χ1n) is 10.9. The lowest BCUT2D eigenvalue weighted by molar-refractivity contribution is 0.0452. The topological polar surface area (TPSA) is 50.9 Å². The fourth-order valence-corrected chi connectivity index (χ4v) is 4.88. The fraction of sp³-hybridized carbons (Fsp3) is 0.308. The predicted molar refractivity (Wildman–Crippen MR) is 119 cm³/mol. The van der Waals surface area contributed by atoms with Crippen LogP contribution in [0, 0.1) is 5.92 Å². The van der Waals surface area contributed by atoms with Crippen molar-refractivity contribution in [3.63, 3.8) is 0 Å². The van der Waals surface area contributed by atoms with Gasteiger partial charge in [-0.15, -0.1) is 0 Å². The van der Waals surface area contributed by atoms with Gasteiger partial charge in [-0.25, -0.2) is 9.67 Å². The largest absolute Gasteiger partial charge is 0.380 e. The van der Waals surface area contributed by atoms with Gasteiger partial charge in [-0.1, -0.05) is 74.6 Å². The van der Waals surface area contributed by atoms with Gasteiger partial charge in [-0.3, -0.25) is 0 Å². The third-order valence-corrected chi connectivity index (χ3v) is 6.47. The maximum atomic E-state index is 12.0. The van der Waals surface area contributed by atoms with E-state index in [1.807, 2.05) is 59.4 Å². The Kier molecular flexibility index (Phi) is 5.09. The normalized spacial score (nSPS) is 17.1. The summed E-state index contributed by atoms with van der Waals surface area (Å²) in [6.07, 6.45) is 10.7. The molecule has 0 spiro atoms. The lowest BCUT2D eigenvalue weighted by atomic mass is 9.75. The second kappa shape index (κ2) is 8.04. The molecule has 0 amide bonds. The zero-order valence-electron chi connectivity index (χ0n) is 17.1. The molecule has 4 aromatic rings. The molecular formula is C26H27N3O. The molecule has 1 saturated carbocycles. The van der Waals surface area contributed by atoms with Crippen LogP contribution in [0.25, 0.3) is 16.7 Å². The van der Waals surface area contributed by atoms with Crippen molar-refractivity contribution in [1.82, 2.24) is 14.8 Å². The van der Waals surface area contributed by atoms with Crippen LogP contribution in [0.4, 0.5) is 0 Å². The minimum Gasteiger partial charge on any atom is -0.380 e. The van der Waals surface area contributed by atoms with Crippen LogP contribution in [0.1, 0.15) is 49.7 Å². The standard InChI is InChI=1S/C26H27N3O/c30-26(22-11-5-2-6-12-22,18-20-9-3-1-4-10-20)23-14-15-24-21(17-23)19-28-29(24)25-13-7-8-16-27-25/h2,5-8,11-17,19-20,30H,1,3-4,9-10,18H2. The molecule has 2 aromatic carbocycles. The number of rotatable bonds is 5. The van der Waals surface area contributed by atoms with Gasteiger partial charge in [0.1, 0.15) is 5.60 Å². The summed E-state index contributed by atoms with van der Waals surface area (Å²) < 4.78 is 1.85. The molecule has 4 heteroatoms. The van der Waals surface area contributed by atoms with Gasteiger partial charge in [0.2, 0.25) is 0 Å². The summed E-state index contributed by atoms with van der Waals surface area (Å²) in [5.74, 6) is 1.34. The van der Waals surface area contributed by atoms with Gasteiger partial charge in [-0.05, 0) is 47.7 Å². The maximum Gasteiger partial charge on any atom is 0.153 e. The second-order valence-electron chi connectivity index (χ2n) is 8.45. The first kappa shape index (κ1) is 19.0. The fourth-order valence-electron chi connectivity index (χ4n) is 4.88. The number of aliphatic hydroxyl groups is 1. The highest BCUT2D eigenvalue weighted by atomic mass is 16.3. The van der Waals surface area contributed by atoms with Crippen LogP contribution in [-0.2, 0) is 5.60 Å². The van der Waals surface area contributed by atoms with Crippen LogP contribution in [0.3, 0.4) is 0 Å². The number of benzene rings is 2. The minimum atomic E-state index is -0.995. The average Bonchev–Trinajstić information content (AvgIpc) is 3.24. The molecule has 5 rings (SSSR count).